The lowest BCUT2D eigenvalue weighted by molar-refractivity contribution is -0.149. The number of rotatable bonds is 4. The standard InChI is InChI=1S/C19H18N6O2/c1-12-16(17-21-23-24-22-17)25(18(12)26)19(27)20-15(13-8-4-2-5-9-13)14-10-6-3-7-11-14/h2-12,15-16H,1H3,(H,20,27)(H,21,22,23,24)/t12-,16+/m1/s1. The summed E-state index contributed by atoms with van der Waals surface area (Å²) in [5.41, 5.74) is 1.85. The predicted molar refractivity (Wildman–Crippen MR) is 96.2 cm³/mol. The number of carbonyl (C=O) groups is 2. The number of nitrogens with one attached hydrogen (secondary N) is 2. The fourth-order valence-electron chi connectivity index (χ4n) is 3.34. The molecule has 0 radical (unpaired) electrons. The summed E-state index contributed by atoms with van der Waals surface area (Å²) in [5.74, 6) is -0.310. The van der Waals surface area contributed by atoms with Crippen molar-refractivity contribution in [1.82, 2.24) is 30.8 Å². The maximum Gasteiger partial charge on any atom is 0.325 e. The van der Waals surface area contributed by atoms with Crippen LogP contribution >= 0.6 is 0 Å². The lowest BCUT2D eigenvalue weighted by Crippen LogP contribution is -2.60. The van der Waals surface area contributed by atoms with Crippen LogP contribution in [0, 0.1) is 5.92 Å². The Hall–Kier alpha value is -3.55. The fourth-order valence-corrected chi connectivity index (χ4v) is 3.34. The van der Waals surface area contributed by atoms with Crippen LogP contribution in [0.5, 0.6) is 0 Å². The molecule has 1 aliphatic rings. The van der Waals surface area contributed by atoms with Crippen molar-refractivity contribution in [3.8, 4) is 0 Å². The molecular formula is C19H18N6O2. The van der Waals surface area contributed by atoms with Gasteiger partial charge in [0.1, 0.15) is 6.04 Å². The summed E-state index contributed by atoms with van der Waals surface area (Å²) < 4.78 is 0. The molecule has 4 rings (SSSR count). The van der Waals surface area contributed by atoms with E-state index in [0.717, 1.165) is 16.0 Å². The Morgan fingerprint density at radius 3 is 2.19 bits per heavy atom. The third kappa shape index (κ3) is 3.05. The normalized spacial score (nSPS) is 19.0. The van der Waals surface area contributed by atoms with Gasteiger partial charge in [-0.1, -0.05) is 72.8 Å². The number of urea groups is 1. The molecule has 8 heteroatoms. The fraction of sp³-hybridized carbons (Fsp3) is 0.211. The number of hydrogen-bond acceptors (Lipinski definition) is 5. The quantitative estimate of drug-likeness (QED) is 0.693. The molecule has 0 saturated carbocycles. The number of benzene rings is 2. The highest BCUT2D eigenvalue weighted by molar-refractivity contribution is 6.01. The van der Waals surface area contributed by atoms with Gasteiger partial charge >= 0.3 is 6.03 Å². The van der Waals surface area contributed by atoms with Crippen molar-refractivity contribution in [2.45, 2.75) is 19.0 Å². The number of imide groups is 1. The molecular weight excluding hydrogens is 344 g/mol. The Kier molecular flexibility index (Phi) is 4.37. The van der Waals surface area contributed by atoms with E-state index in [1.807, 2.05) is 60.7 Å². The number of hydrogen-bond donors (Lipinski definition) is 2. The monoisotopic (exact) mass is 362 g/mol. The van der Waals surface area contributed by atoms with Gasteiger partial charge in [0.25, 0.3) is 0 Å². The molecule has 136 valence electrons. The van der Waals surface area contributed by atoms with Crippen molar-refractivity contribution in [2.75, 3.05) is 0 Å². The topological polar surface area (TPSA) is 104 Å². The Bertz CT molecular complexity index is 890. The molecule has 1 aliphatic heterocycles. The third-order valence-electron chi connectivity index (χ3n) is 4.76. The van der Waals surface area contributed by atoms with Gasteiger partial charge in [-0.15, -0.1) is 10.2 Å². The number of carbonyl (C=O) groups excluding carboxylic acids is 2. The van der Waals surface area contributed by atoms with Gasteiger partial charge in [-0.3, -0.25) is 9.69 Å². The molecule has 8 nitrogen and oxygen atoms in total. The molecule has 3 amide bonds. The number of aromatic amines is 1. The summed E-state index contributed by atoms with van der Waals surface area (Å²) in [6.45, 7) is 1.75. The maximum atomic E-state index is 13.0. The van der Waals surface area contributed by atoms with Gasteiger partial charge in [-0.2, -0.15) is 5.21 Å². The summed E-state index contributed by atoms with van der Waals surface area (Å²) in [5, 5.41) is 16.7. The van der Waals surface area contributed by atoms with E-state index in [1.54, 1.807) is 6.92 Å². The van der Waals surface area contributed by atoms with Crippen LogP contribution in [-0.2, 0) is 4.79 Å². The van der Waals surface area contributed by atoms with Gasteiger partial charge in [0.2, 0.25) is 5.91 Å². The molecule has 0 aliphatic carbocycles. The summed E-state index contributed by atoms with van der Waals surface area (Å²) >= 11 is 0. The SMILES string of the molecule is C[C@H]1C(=O)N(C(=O)NC(c2ccccc2)c2ccccc2)[C@@H]1c1nn[nH]n1. The van der Waals surface area contributed by atoms with Crippen LogP contribution in [0.4, 0.5) is 4.79 Å². The smallest absolute Gasteiger partial charge is 0.325 e. The van der Waals surface area contributed by atoms with Gasteiger partial charge in [-0.25, -0.2) is 4.79 Å². The lowest BCUT2D eigenvalue weighted by Gasteiger charge is -2.42. The Labute approximate surface area is 155 Å². The summed E-state index contributed by atoms with van der Waals surface area (Å²) in [6, 6.07) is 17.9. The molecule has 3 aromatic rings. The Balaban J connectivity index is 1.61. The number of aromatic nitrogens is 4. The molecule has 2 aromatic carbocycles. The van der Waals surface area contributed by atoms with E-state index in [-0.39, 0.29) is 17.9 Å². The average Bonchev–Trinajstić information content (AvgIpc) is 3.24. The zero-order valence-corrected chi connectivity index (χ0v) is 14.6. The lowest BCUT2D eigenvalue weighted by atomic mass is 9.89. The first-order chi connectivity index (χ1) is 13.2. The van der Waals surface area contributed by atoms with Crippen LogP contribution in [-0.4, -0.2) is 37.5 Å². The van der Waals surface area contributed by atoms with Crippen molar-refractivity contribution in [3.05, 3.63) is 77.6 Å². The van der Waals surface area contributed by atoms with Crippen molar-refractivity contribution in [2.24, 2.45) is 5.92 Å². The Morgan fingerprint density at radius 1 is 1.07 bits per heavy atom. The summed E-state index contributed by atoms with van der Waals surface area (Å²) in [4.78, 5) is 26.5. The number of likely N-dealkylation sites (tertiary alicyclic amines) is 1. The van der Waals surface area contributed by atoms with Gasteiger partial charge in [0.15, 0.2) is 5.82 Å². The number of tetrazole rings is 1. The van der Waals surface area contributed by atoms with Gasteiger partial charge in [0.05, 0.1) is 12.0 Å². The van der Waals surface area contributed by atoms with Crippen molar-refractivity contribution in [3.63, 3.8) is 0 Å². The molecule has 2 atom stereocenters. The van der Waals surface area contributed by atoms with Crippen LogP contribution < -0.4 is 5.32 Å². The van der Waals surface area contributed by atoms with Gasteiger partial charge < -0.3 is 5.32 Å². The number of amides is 3. The van der Waals surface area contributed by atoms with E-state index in [0.29, 0.717) is 5.82 Å². The first-order valence-electron chi connectivity index (χ1n) is 8.63. The number of β-lactam (4-membered cyclic amide) rings is 1. The molecule has 0 bridgehead atoms. The molecule has 0 unspecified atom stereocenters. The zero-order chi connectivity index (χ0) is 18.8. The minimum Gasteiger partial charge on any atom is -0.327 e. The van der Waals surface area contributed by atoms with E-state index in [4.69, 9.17) is 0 Å². The highest BCUT2D eigenvalue weighted by Gasteiger charge is 2.51. The van der Waals surface area contributed by atoms with E-state index in [9.17, 15) is 9.59 Å². The number of H-pyrrole nitrogens is 1. The minimum absolute atomic E-state index is 0.262. The molecule has 0 spiro atoms. The van der Waals surface area contributed by atoms with Crippen LogP contribution in [0.2, 0.25) is 0 Å². The van der Waals surface area contributed by atoms with Crippen molar-refractivity contribution in [1.29, 1.82) is 0 Å². The average molecular weight is 362 g/mol. The van der Waals surface area contributed by atoms with Gasteiger partial charge in [-0.05, 0) is 11.1 Å². The molecule has 2 heterocycles. The summed E-state index contributed by atoms with van der Waals surface area (Å²) in [6.07, 6.45) is 0. The second kappa shape index (κ2) is 6.99. The second-order valence-electron chi connectivity index (χ2n) is 6.42. The molecule has 27 heavy (non-hydrogen) atoms. The number of nitrogens with zero attached hydrogens (tertiary/aromatic N) is 4. The second-order valence-corrected chi connectivity index (χ2v) is 6.42. The van der Waals surface area contributed by atoms with Crippen molar-refractivity contribution < 1.29 is 9.59 Å². The summed E-state index contributed by atoms with van der Waals surface area (Å²) in [7, 11) is 0. The first kappa shape index (κ1) is 16.9. The van der Waals surface area contributed by atoms with Crippen LogP contribution in [0.1, 0.15) is 36.0 Å². The van der Waals surface area contributed by atoms with E-state index in [1.165, 1.54) is 0 Å². The molecule has 1 fully saturated rings. The van der Waals surface area contributed by atoms with E-state index < -0.39 is 12.1 Å². The zero-order valence-electron chi connectivity index (χ0n) is 14.6. The van der Waals surface area contributed by atoms with Crippen LogP contribution in [0.3, 0.4) is 0 Å². The van der Waals surface area contributed by atoms with Gasteiger partial charge in [0, 0.05) is 0 Å². The van der Waals surface area contributed by atoms with Crippen LogP contribution in [0.25, 0.3) is 0 Å². The van der Waals surface area contributed by atoms with Crippen LogP contribution in [0.15, 0.2) is 60.7 Å². The maximum absolute atomic E-state index is 13.0. The van der Waals surface area contributed by atoms with Crippen molar-refractivity contribution >= 4 is 11.9 Å². The van der Waals surface area contributed by atoms with E-state index >= 15 is 0 Å². The highest BCUT2D eigenvalue weighted by Crippen LogP contribution is 2.38. The largest absolute Gasteiger partial charge is 0.327 e. The third-order valence-corrected chi connectivity index (χ3v) is 4.76. The minimum atomic E-state index is -0.525. The molecule has 2 N–H and O–H groups in total. The molecule has 1 saturated heterocycles. The molecule has 1 aromatic heterocycles. The first-order valence-corrected chi connectivity index (χ1v) is 8.63. The Morgan fingerprint density at radius 2 is 1.67 bits per heavy atom. The van der Waals surface area contributed by atoms with E-state index in [2.05, 4.69) is 25.9 Å². The predicted octanol–water partition coefficient (Wildman–Crippen LogP) is 2.22. The highest BCUT2D eigenvalue weighted by atomic mass is 16.2.